The van der Waals surface area contributed by atoms with Crippen LogP contribution in [0.2, 0.25) is 0 Å². The fraction of sp³-hybridized carbons (Fsp3) is 0.400. The summed E-state index contributed by atoms with van der Waals surface area (Å²) in [6, 6.07) is 9.28. The van der Waals surface area contributed by atoms with E-state index in [0.29, 0.717) is 5.69 Å². The number of H-pyrrole nitrogens is 1. The molecule has 5 heteroatoms. The quantitative estimate of drug-likeness (QED) is 0.899. The number of hydrogen-bond donors (Lipinski definition) is 2. The van der Waals surface area contributed by atoms with E-state index in [-0.39, 0.29) is 16.9 Å². The number of benzene rings is 1. The average Bonchev–Trinajstić information content (AvgIpc) is 2.56. The summed E-state index contributed by atoms with van der Waals surface area (Å²) in [4.78, 5) is 29.5. The number of likely N-dealkylation sites (tertiary alicyclic amines) is 1. The van der Waals surface area contributed by atoms with E-state index < -0.39 is 0 Å². The van der Waals surface area contributed by atoms with Crippen molar-refractivity contribution >= 4 is 11.6 Å². The largest absolute Gasteiger partial charge is 0.364 e. The van der Waals surface area contributed by atoms with E-state index >= 15 is 0 Å². The number of carbonyl (C=O) groups is 1. The summed E-state index contributed by atoms with van der Waals surface area (Å²) in [5.41, 5.74) is 2.51. The molecule has 0 aliphatic carbocycles. The SMILES string of the molecule is Cc1cc(=O)c(C(=O)Nc2ccc(CN3CCC[C@H](C)C3)cc2)c[nH]1. The van der Waals surface area contributed by atoms with Crippen LogP contribution in [0.25, 0.3) is 0 Å². The smallest absolute Gasteiger partial charge is 0.261 e. The van der Waals surface area contributed by atoms with Crippen molar-refractivity contribution in [3.05, 3.63) is 63.6 Å². The fourth-order valence-electron chi connectivity index (χ4n) is 3.33. The lowest BCUT2D eigenvalue weighted by molar-refractivity contribution is 0.102. The first-order valence-electron chi connectivity index (χ1n) is 8.83. The van der Waals surface area contributed by atoms with Crippen LogP contribution in [0.3, 0.4) is 0 Å². The second-order valence-corrected chi connectivity index (χ2v) is 7.03. The molecule has 1 aliphatic rings. The zero-order chi connectivity index (χ0) is 17.8. The Morgan fingerprint density at radius 2 is 2.08 bits per heavy atom. The minimum atomic E-state index is -0.390. The Bertz CT molecular complexity index is 795. The Hall–Kier alpha value is -2.40. The van der Waals surface area contributed by atoms with Gasteiger partial charge in [-0.2, -0.15) is 0 Å². The van der Waals surface area contributed by atoms with Gasteiger partial charge in [0.15, 0.2) is 5.43 Å². The molecule has 132 valence electrons. The molecule has 2 aromatic rings. The molecule has 1 fully saturated rings. The Morgan fingerprint density at radius 3 is 2.76 bits per heavy atom. The van der Waals surface area contributed by atoms with Gasteiger partial charge in [0.2, 0.25) is 0 Å². The van der Waals surface area contributed by atoms with E-state index in [1.807, 2.05) is 24.3 Å². The van der Waals surface area contributed by atoms with Crippen molar-refractivity contribution in [1.82, 2.24) is 9.88 Å². The Balaban J connectivity index is 1.62. The molecule has 1 saturated heterocycles. The third-order valence-corrected chi connectivity index (χ3v) is 4.66. The van der Waals surface area contributed by atoms with Crippen molar-refractivity contribution in [2.75, 3.05) is 18.4 Å². The molecule has 1 aromatic carbocycles. The van der Waals surface area contributed by atoms with Crippen LogP contribution in [0.15, 0.2) is 41.3 Å². The maximum atomic E-state index is 12.2. The highest BCUT2D eigenvalue weighted by molar-refractivity contribution is 6.03. The molecule has 0 radical (unpaired) electrons. The number of hydrogen-bond acceptors (Lipinski definition) is 3. The molecular weight excluding hydrogens is 314 g/mol. The normalized spacial score (nSPS) is 18.1. The Labute approximate surface area is 148 Å². The lowest BCUT2D eigenvalue weighted by atomic mass is 10.00. The molecule has 0 bridgehead atoms. The van der Waals surface area contributed by atoms with Crippen molar-refractivity contribution in [2.45, 2.75) is 33.2 Å². The van der Waals surface area contributed by atoms with Crippen LogP contribution in [0, 0.1) is 12.8 Å². The van der Waals surface area contributed by atoms with Crippen molar-refractivity contribution in [1.29, 1.82) is 0 Å². The van der Waals surface area contributed by atoms with Gasteiger partial charge >= 0.3 is 0 Å². The molecule has 0 spiro atoms. The second kappa shape index (κ2) is 7.66. The van der Waals surface area contributed by atoms with E-state index in [2.05, 4.69) is 22.1 Å². The van der Waals surface area contributed by atoms with Gasteiger partial charge in [-0.1, -0.05) is 19.1 Å². The minimum Gasteiger partial charge on any atom is -0.364 e. The third kappa shape index (κ3) is 4.57. The summed E-state index contributed by atoms with van der Waals surface area (Å²) in [6.45, 7) is 7.33. The van der Waals surface area contributed by atoms with Gasteiger partial charge in [-0.25, -0.2) is 0 Å². The van der Waals surface area contributed by atoms with Crippen LogP contribution in [-0.2, 0) is 6.54 Å². The molecule has 1 atom stereocenters. The van der Waals surface area contributed by atoms with Gasteiger partial charge < -0.3 is 10.3 Å². The summed E-state index contributed by atoms with van der Waals surface area (Å²) < 4.78 is 0. The first-order chi connectivity index (χ1) is 12.0. The number of aryl methyl sites for hydroxylation is 1. The Kier molecular flexibility index (Phi) is 5.34. The molecular formula is C20H25N3O2. The Morgan fingerprint density at radius 1 is 1.32 bits per heavy atom. The number of carbonyl (C=O) groups excluding carboxylic acids is 1. The van der Waals surface area contributed by atoms with E-state index in [9.17, 15) is 9.59 Å². The summed E-state index contributed by atoms with van der Waals surface area (Å²) in [5.74, 6) is 0.374. The molecule has 1 amide bonds. The van der Waals surface area contributed by atoms with Gasteiger partial charge in [-0.3, -0.25) is 14.5 Å². The monoisotopic (exact) mass is 339 g/mol. The zero-order valence-electron chi connectivity index (χ0n) is 14.8. The van der Waals surface area contributed by atoms with Crippen LogP contribution in [0.4, 0.5) is 5.69 Å². The van der Waals surface area contributed by atoms with Gasteiger partial charge in [-0.05, 0) is 49.9 Å². The van der Waals surface area contributed by atoms with E-state index in [4.69, 9.17) is 0 Å². The maximum Gasteiger partial charge on any atom is 0.261 e. The standard InChI is InChI=1S/C20H25N3O2/c1-14-4-3-9-23(12-14)13-16-5-7-17(8-6-16)22-20(25)18-11-21-15(2)10-19(18)24/h5-8,10-11,14H,3-4,9,12-13H2,1-2H3,(H,21,24)(H,22,25)/t14-/m0/s1. The fourth-order valence-corrected chi connectivity index (χ4v) is 3.33. The molecule has 2 heterocycles. The van der Waals surface area contributed by atoms with E-state index in [0.717, 1.165) is 31.2 Å². The summed E-state index contributed by atoms with van der Waals surface area (Å²) in [5, 5.41) is 2.78. The lowest BCUT2D eigenvalue weighted by Crippen LogP contribution is -2.33. The third-order valence-electron chi connectivity index (χ3n) is 4.66. The van der Waals surface area contributed by atoms with Crippen LogP contribution in [-0.4, -0.2) is 28.9 Å². The molecule has 1 aromatic heterocycles. The topological polar surface area (TPSA) is 65.2 Å². The number of anilines is 1. The predicted molar refractivity (Wildman–Crippen MR) is 99.9 cm³/mol. The van der Waals surface area contributed by atoms with Crippen LogP contribution in [0.5, 0.6) is 0 Å². The van der Waals surface area contributed by atoms with Crippen molar-refractivity contribution in [3.8, 4) is 0 Å². The molecule has 0 unspecified atom stereocenters. The van der Waals surface area contributed by atoms with Gasteiger partial charge in [0.1, 0.15) is 5.56 Å². The van der Waals surface area contributed by atoms with Crippen LogP contribution in [0.1, 0.15) is 41.4 Å². The highest BCUT2D eigenvalue weighted by atomic mass is 16.2. The lowest BCUT2D eigenvalue weighted by Gasteiger charge is -2.30. The molecule has 1 aliphatic heterocycles. The number of aromatic amines is 1. The second-order valence-electron chi connectivity index (χ2n) is 7.03. The molecule has 25 heavy (non-hydrogen) atoms. The molecule has 3 rings (SSSR count). The number of amides is 1. The summed E-state index contributed by atoms with van der Waals surface area (Å²) in [7, 11) is 0. The highest BCUT2D eigenvalue weighted by Crippen LogP contribution is 2.19. The maximum absolute atomic E-state index is 12.2. The summed E-state index contributed by atoms with van der Waals surface area (Å²) in [6.07, 6.45) is 4.04. The van der Waals surface area contributed by atoms with Crippen molar-refractivity contribution < 1.29 is 4.79 Å². The van der Waals surface area contributed by atoms with Crippen molar-refractivity contribution in [2.24, 2.45) is 5.92 Å². The highest BCUT2D eigenvalue weighted by Gasteiger charge is 2.16. The molecule has 0 saturated carbocycles. The van der Waals surface area contributed by atoms with Gasteiger partial charge in [-0.15, -0.1) is 0 Å². The summed E-state index contributed by atoms with van der Waals surface area (Å²) >= 11 is 0. The number of pyridine rings is 1. The zero-order valence-corrected chi connectivity index (χ0v) is 14.8. The predicted octanol–water partition coefficient (Wildman–Crippen LogP) is 3.17. The first-order valence-corrected chi connectivity index (χ1v) is 8.83. The van der Waals surface area contributed by atoms with Crippen LogP contribution >= 0.6 is 0 Å². The van der Waals surface area contributed by atoms with Crippen molar-refractivity contribution in [3.63, 3.8) is 0 Å². The number of nitrogens with one attached hydrogen (secondary N) is 2. The van der Waals surface area contributed by atoms with E-state index in [1.54, 1.807) is 6.92 Å². The average molecular weight is 339 g/mol. The molecule has 5 nitrogen and oxygen atoms in total. The minimum absolute atomic E-state index is 0.122. The number of nitrogens with zero attached hydrogens (tertiary/aromatic N) is 1. The van der Waals surface area contributed by atoms with Gasteiger partial charge in [0.25, 0.3) is 5.91 Å². The first kappa shape index (κ1) is 17.4. The van der Waals surface area contributed by atoms with Gasteiger partial charge in [0, 0.05) is 36.7 Å². The number of rotatable bonds is 4. The van der Waals surface area contributed by atoms with E-state index in [1.165, 1.54) is 30.7 Å². The van der Waals surface area contributed by atoms with Crippen LogP contribution < -0.4 is 10.7 Å². The van der Waals surface area contributed by atoms with Gasteiger partial charge in [0.05, 0.1) is 0 Å². The number of aromatic nitrogens is 1. The molecule has 2 N–H and O–H groups in total. The number of piperidine rings is 1.